The Morgan fingerprint density at radius 2 is 2.14 bits per heavy atom. The molecule has 0 unspecified atom stereocenters. The van der Waals surface area contributed by atoms with E-state index in [1.807, 2.05) is 6.92 Å². The van der Waals surface area contributed by atoms with E-state index in [2.05, 4.69) is 21.2 Å². The van der Waals surface area contributed by atoms with Crippen LogP contribution in [0.25, 0.3) is 0 Å². The van der Waals surface area contributed by atoms with E-state index >= 15 is 0 Å². The van der Waals surface area contributed by atoms with Crippen LogP contribution in [0.2, 0.25) is 0 Å². The van der Waals surface area contributed by atoms with Crippen LogP contribution in [0, 0.1) is 11.7 Å². The monoisotopic (exact) mass is 375 g/mol. The minimum Gasteiger partial charge on any atom is -0.487 e. The number of carbonyl (C=O) groups excluding carboxylic acids is 1. The lowest BCUT2D eigenvalue weighted by Gasteiger charge is -2.13. The number of carbonyl (C=O) groups is 1. The van der Waals surface area contributed by atoms with E-state index in [1.165, 1.54) is 6.07 Å². The number of halogens is 2. The molecule has 1 aromatic rings. The van der Waals surface area contributed by atoms with Gasteiger partial charge in [-0.1, -0.05) is 36.7 Å². The second kappa shape index (κ2) is 8.44. The molecule has 6 heteroatoms. The zero-order valence-electron chi connectivity index (χ0n) is 12.3. The Bertz CT molecular complexity index is 535. The van der Waals surface area contributed by atoms with Crippen LogP contribution in [0.3, 0.4) is 0 Å². The van der Waals surface area contributed by atoms with Crippen LogP contribution in [0.5, 0.6) is 0 Å². The smallest absolute Gasteiger partial charge is 0.227 e. The molecule has 1 amide bonds. The molecule has 0 heterocycles. The minimum absolute atomic E-state index is 0.158. The lowest BCUT2D eigenvalue weighted by Crippen LogP contribution is -2.19. The summed E-state index contributed by atoms with van der Waals surface area (Å²) in [4.78, 5) is 11.7. The minimum atomic E-state index is -0.486. The zero-order chi connectivity index (χ0) is 16.0. The van der Waals surface area contributed by atoms with Gasteiger partial charge >= 0.3 is 0 Å². The molecule has 1 rings (SSSR count). The summed E-state index contributed by atoms with van der Waals surface area (Å²) in [6.07, 6.45) is 1.27. The highest BCUT2D eigenvalue weighted by Crippen LogP contribution is 2.26. The first-order valence-corrected chi connectivity index (χ1v) is 7.99. The van der Waals surface area contributed by atoms with Crippen LogP contribution in [-0.2, 0) is 16.0 Å². The van der Waals surface area contributed by atoms with Gasteiger partial charge in [-0.05, 0) is 36.3 Å². The van der Waals surface area contributed by atoms with Crippen LogP contribution in [0.4, 0.5) is 10.1 Å². The van der Waals surface area contributed by atoms with Crippen LogP contribution < -0.4 is 5.32 Å². The summed E-state index contributed by atoms with van der Waals surface area (Å²) in [6.45, 7) is 6.06. The fraction of sp³-hybridized carbons (Fsp3) is 0.467. The molecule has 0 spiro atoms. The van der Waals surface area contributed by atoms with Gasteiger partial charge in [0, 0.05) is 16.8 Å². The van der Waals surface area contributed by atoms with Gasteiger partial charge in [0.1, 0.15) is 5.82 Å². The first kappa shape index (κ1) is 18.0. The fourth-order valence-electron chi connectivity index (χ4n) is 1.52. The van der Waals surface area contributed by atoms with Crippen molar-refractivity contribution in [1.29, 1.82) is 0 Å². The number of hydrogen-bond donors (Lipinski definition) is 1. The van der Waals surface area contributed by atoms with Gasteiger partial charge in [-0.15, -0.1) is 0 Å². The number of amides is 1. The molecule has 0 radical (unpaired) electrons. The van der Waals surface area contributed by atoms with E-state index in [4.69, 9.17) is 17.0 Å². The number of thiocarbonyl (C=S) groups is 1. The maximum absolute atomic E-state index is 13.9. The van der Waals surface area contributed by atoms with Gasteiger partial charge < -0.3 is 10.1 Å². The zero-order valence-corrected chi connectivity index (χ0v) is 14.7. The maximum atomic E-state index is 13.9. The van der Waals surface area contributed by atoms with Crippen molar-refractivity contribution in [1.82, 2.24) is 0 Å². The van der Waals surface area contributed by atoms with Crippen molar-refractivity contribution in [2.45, 2.75) is 33.6 Å². The van der Waals surface area contributed by atoms with E-state index in [0.29, 0.717) is 22.6 Å². The Labute approximate surface area is 138 Å². The number of hydrogen-bond acceptors (Lipinski definition) is 3. The molecule has 116 valence electrons. The average Bonchev–Trinajstić information content (AvgIpc) is 2.41. The van der Waals surface area contributed by atoms with Crippen molar-refractivity contribution >= 4 is 44.8 Å². The summed E-state index contributed by atoms with van der Waals surface area (Å²) in [5.41, 5.74) is 0.932. The third-order valence-electron chi connectivity index (χ3n) is 2.72. The van der Waals surface area contributed by atoms with Gasteiger partial charge in [0.25, 0.3) is 0 Å². The van der Waals surface area contributed by atoms with E-state index < -0.39 is 5.82 Å². The second-order valence-corrected chi connectivity index (χ2v) is 6.27. The summed E-state index contributed by atoms with van der Waals surface area (Å²) in [7, 11) is 0. The van der Waals surface area contributed by atoms with Crippen LogP contribution in [0.15, 0.2) is 16.6 Å². The van der Waals surface area contributed by atoms with Gasteiger partial charge in [-0.3, -0.25) is 4.79 Å². The van der Waals surface area contributed by atoms with Crippen molar-refractivity contribution in [3.05, 3.63) is 28.0 Å². The molecular weight excluding hydrogens is 357 g/mol. The molecule has 0 atom stereocenters. The number of anilines is 1. The van der Waals surface area contributed by atoms with E-state index in [0.717, 1.165) is 12.0 Å². The lowest BCUT2D eigenvalue weighted by molar-refractivity contribution is -0.118. The molecule has 21 heavy (non-hydrogen) atoms. The van der Waals surface area contributed by atoms with Crippen molar-refractivity contribution < 1.29 is 13.9 Å². The molecule has 0 bridgehead atoms. The quantitative estimate of drug-likeness (QED) is 0.744. The predicted molar refractivity (Wildman–Crippen MR) is 90.1 cm³/mol. The van der Waals surface area contributed by atoms with E-state index in [-0.39, 0.29) is 17.5 Å². The average molecular weight is 376 g/mol. The molecule has 0 saturated carbocycles. The first-order valence-electron chi connectivity index (χ1n) is 6.79. The number of nitrogens with one attached hydrogen (secondary N) is 1. The highest BCUT2D eigenvalue weighted by atomic mass is 79.9. The standard InChI is InChI=1S/C15H19BrFNO2S/c1-4-5-20-14(21)7-10-6-13(12(17)8-11(10)16)18-15(19)9(2)3/h6,8-9H,4-5,7H2,1-3H3,(H,18,19). The SMILES string of the molecule is CCCOC(=S)Cc1cc(NC(=O)C(C)C)c(F)cc1Br. The second-order valence-electron chi connectivity index (χ2n) is 4.96. The summed E-state index contributed by atoms with van der Waals surface area (Å²) in [5.74, 6) is -0.933. The van der Waals surface area contributed by atoms with Gasteiger partial charge in [-0.25, -0.2) is 4.39 Å². The summed E-state index contributed by atoms with van der Waals surface area (Å²) in [5, 5.41) is 3.02. The lowest BCUT2D eigenvalue weighted by atomic mass is 10.1. The molecule has 0 saturated heterocycles. The van der Waals surface area contributed by atoms with Gasteiger partial charge in [0.2, 0.25) is 5.91 Å². The van der Waals surface area contributed by atoms with E-state index in [9.17, 15) is 9.18 Å². The Morgan fingerprint density at radius 3 is 2.71 bits per heavy atom. The van der Waals surface area contributed by atoms with Gasteiger partial charge in [0.05, 0.1) is 12.3 Å². The molecule has 3 nitrogen and oxygen atoms in total. The Hall–Kier alpha value is -1.01. The van der Waals surface area contributed by atoms with Crippen molar-refractivity contribution in [3.8, 4) is 0 Å². The number of ether oxygens (including phenoxy) is 1. The summed E-state index contributed by atoms with van der Waals surface area (Å²) in [6, 6.07) is 2.91. The highest BCUT2D eigenvalue weighted by Gasteiger charge is 2.14. The highest BCUT2D eigenvalue weighted by molar-refractivity contribution is 9.10. The van der Waals surface area contributed by atoms with Crippen LogP contribution in [-0.4, -0.2) is 17.6 Å². The number of rotatable bonds is 6. The molecule has 0 aliphatic carbocycles. The normalized spacial score (nSPS) is 10.6. The molecule has 1 N–H and O–H groups in total. The summed E-state index contributed by atoms with van der Waals surface area (Å²) < 4.78 is 19.9. The molecule has 0 aliphatic heterocycles. The molecule has 1 aromatic carbocycles. The molecular formula is C15H19BrFNO2S. The first-order chi connectivity index (χ1) is 9.85. The topological polar surface area (TPSA) is 38.3 Å². The Kier molecular flexibility index (Phi) is 7.25. The largest absolute Gasteiger partial charge is 0.487 e. The van der Waals surface area contributed by atoms with Crippen molar-refractivity contribution in [3.63, 3.8) is 0 Å². The number of benzene rings is 1. The van der Waals surface area contributed by atoms with Gasteiger partial charge in [-0.2, -0.15) is 0 Å². The van der Waals surface area contributed by atoms with Crippen LogP contribution in [0.1, 0.15) is 32.8 Å². The molecule has 0 aliphatic rings. The molecule has 0 aromatic heterocycles. The van der Waals surface area contributed by atoms with E-state index in [1.54, 1.807) is 19.9 Å². The predicted octanol–water partition coefficient (Wildman–Crippen LogP) is 4.48. The van der Waals surface area contributed by atoms with Crippen LogP contribution >= 0.6 is 28.1 Å². The fourth-order valence-corrected chi connectivity index (χ4v) is 2.22. The van der Waals surface area contributed by atoms with Gasteiger partial charge in [0.15, 0.2) is 5.05 Å². The van der Waals surface area contributed by atoms with Crippen molar-refractivity contribution in [2.24, 2.45) is 5.92 Å². The third-order valence-corrected chi connectivity index (χ3v) is 3.72. The third kappa shape index (κ3) is 5.71. The molecule has 0 fully saturated rings. The Morgan fingerprint density at radius 1 is 1.48 bits per heavy atom. The van der Waals surface area contributed by atoms with Crippen molar-refractivity contribution in [2.75, 3.05) is 11.9 Å². The maximum Gasteiger partial charge on any atom is 0.227 e. The Balaban J connectivity index is 2.90. The summed E-state index contributed by atoms with van der Waals surface area (Å²) >= 11 is 8.45.